The molecule has 1 saturated carbocycles. The summed E-state index contributed by atoms with van der Waals surface area (Å²) in [5, 5.41) is 7.30. The fourth-order valence-electron chi connectivity index (χ4n) is 7.26. The fourth-order valence-corrected chi connectivity index (χ4v) is 7.26. The topological polar surface area (TPSA) is 101 Å². The fraction of sp³-hybridized carbons (Fsp3) is 0.400. The molecular weight excluding hydrogens is 600 g/mol. The van der Waals surface area contributed by atoms with Crippen molar-refractivity contribution >= 4 is 34.4 Å². The number of hydrogen-bond donors (Lipinski definition) is 2. The lowest BCUT2D eigenvalue weighted by molar-refractivity contribution is -0.121. The summed E-state index contributed by atoms with van der Waals surface area (Å²) in [5.41, 5.74) is 5.36. The van der Waals surface area contributed by atoms with E-state index < -0.39 is 0 Å². The van der Waals surface area contributed by atoms with E-state index >= 15 is 0 Å². The van der Waals surface area contributed by atoms with Crippen molar-refractivity contribution < 1.29 is 19.1 Å². The van der Waals surface area contributed by atoms with Crippen molar-refractivity contribution in [1.29, 1.82) is 0 Å². The van der Waals surface area contributed by atoms with Gasteiger partial charge in [-0.15, -0.1) is 0 Å². The minimum atomic E-state index is -0.376. The Bertz CT molecular complexity index is 1730. The molecule has 2 amide bonds. The molecule has 0 radical (unpaired) electrons. The summed E-state index contributed by atoms with van der Waals surface area (Å²) in [4.78, 5) is 47.0. The third kappa shape index (κ3) is 7.76. The van der Waals surface area contributed by atoms with Crippen LogP contribution in [0, 0.1) is 11.8 Å². The molecule has 1 saturated heterocycles. The molecule has 6 rings (SSSR count). The Hall–Kier alpha value is -4.56. The van der Waals surface area contributed by atoms with Gasteiger partial charge in [0.25, 0.3) is 5.91 Å². The van der Waals surface area contributed by atoms with Crippen molar-refractivity contribution in [2.75, 3.05) is 25.0 Å². The van der Waals surface area contributed by atoms with Crippen molar-refractivity contribution in [3.8, 4) is 11.3 Å². The molecule has 0 spiro atoms. The van der Waals surface area contributed by atoms with Gasteiger partial charge in [0.2, 0.25) is 5.91 Å². The second-order valence-electron chi connectivity index (χ2n) is 13.2. The normalized spacial score (nSPS) is 16.7. The zero-order chi connectivity index (χ0) is 33.5. The Labute approximate surface area is 283 Å². The average Bonchev–Trinajstić information content (AvgIpc) is 3.12. The Kier molecular flexibility index (Phi) is 10.8. The summed E-state index contributed by atoms with van der Waals surface area (Å²) in [5.74, 6) is -0.0733. The van der Waals surface area contributed by atoms with Crippen LogP contribution in [-0.4, -0.2) is 53.4 Å². The van der Waals surface area contributed by atoms with Crippen LogP contribution in [0.1, 0.15) is 85.1 Å². The number of nitrogens with one attached hydrogen (secondary N) is 2. The maximum Gasteiger partial charge on any atom is 0.338 e. The Morgan fingerprint density at radius 3 is 2.27 bits per heavy atom. The van der Waals surface area contributed by atoms with Crippen LogP contribution in [0.3, 0.4) is 0 Å². The number of amides is 2. The lowest BCUT2D eigenvalue weighted by atomic mass is 9.84. The molecule has 0 unspecified atom stereocenters. The number of carbonyl (C=O) groups is 3. The second kappa shape index (κ2) is 15.6. The van der Waals surface area contributed by atoms with Crippen LogP contribution in [0.15, 0.2) is 78.9 Å². The van der Waals surface area contributed by atoms with Crippen molar-refractivity contribution in [1.82, 2.24) is 15.2 Å². The summed E-state index contributed by atoms with van der Waals surface area (Å²) in [6, 6.07) is 25.0. The smallest absolute Gasteiger partial charge is 0.338 e. The van der Waals surface area contributed by atoms with Gasteiger partial charge in [0.1, 0.15) is 0 Å². The first-order chi connectivity index (χ1) is 23.4. The van der Waals surface area contributed by atoms with Gasteiger partial charge in [0, 0.05) is 40.7 Å². The number of piperidine rings is 1. The number of likely N-dealkylation sites (tertiary alicyclic amines) is 1. The van der Waals surface area contributed by atoms with Crippen LogP contribution in [0.25, 0.3) is 22.2 Å². The number of nitrogens with zero attached hydrogens (tertiary/aromatic N) is 2. The van der Waals surface area contributed by atoms with Crippen molar-refractivity contribution in [2.24, 2.45) is 11.8 Å². The molecule has 2 heterocycles. The van der Waals surface area contributed by atoms with Crippen LogP contribution in [0.5, 0.6) is 0 Å². The summed E-state index contributed by atoms with van der Waals surface area (Å²) < 4.78 is 5.06. The number of rotatable bonds is 10. The van der Waals surface area contributed by atoms with Gasteiger partial charge in [-0.1, -0.05) is 67.8 Å². The van der Waals surface area contributed by atoms with Gasteiger partial charge in [-0.25, -0.2) is 9.78 Å². The Morgan fingerprint density at radius 2 is 1.56 bits per heavy atom. The minimum absolute atomic E-state index is 0.0207. The molecule has 250 valence electrons. The number of carbonyl (C=O) groups excluding carboxylic acids is 3. The van der Waals surface area contributed by atoms with E-state index in [4.69, 9.17) is 9.72 Å². The SMILES string of the molecule is CCOC(=O)c1ccc(NC(=O)C2CCN(Cc3c(-c4ccccc4)nc4ccccc4c3C(=O)N[C@@H](C)C3CCCCC3)CC2)cc1. The molecule has 8 nitrogen and oxygen atoms in total. The zero-order valence-corrected chi connectivity index (χ0v) is 28.0. The van der Waals surface area contributed by atoms with E-state index in [0.29, 0.717) is 48.7 Å². The van der Waals surface area contributed by atoms with E-state index in [1.165, 1.54) is 19.3 Å². The van der Waals surface area contributed by atoms with Gasteiger partial charge in [-0.3, -0.25) is 14.5 Å². The maximum atomic E-state index is 14.3. The number of para-hydroxylation sites is 1. The molecule has 1 aliphatic heterocycles. The van der Waals surface area contributed by atoms with Crippen LogP contribution in [0.2, 0.25) is 0 Å². The third-order valence-electron chi connectivity index (χ3n) is 9.99. The number of hydrogen-bond acceptors (Lipinski definition) is 6. The molecule has 1 aliphatic carbocycles. The van der Waals surface area contributed by atoms with E-state index in [2.05, 4.69) is 34.6 Å². The summed E-state index contributed by atoms with van der Waals surface area (Å²) in [7, 11) is 0. The molecule has 2 aliphatic rings. The van der Waals surface area contributed by atoms with Crippen molar-refractivity contribution in [2.45, 2.75) is 71.4 Å². The molecule has 3 aromatic carbocycles. The first-order valence-corrected chi connectivity index (χ1v) is 17.5. The first kappa shape index (κ1) is 33.3. The molecule has 2 N–H and O–H groups in total. The molecule has 1 aromatic heterocycles. The highest BCUT2D eigenvalue weighted by atomic mass is 16.5. The molecule has 2 fully saturated rings. The number of benzene rings is 3. The number of ether oxygens (including phenoxy) is 1. The predicted molar refractivity (Wildman–Crippen MR) is 190 cm³/mol. The number of fused-ring (bicyclic) bond motifs is 1. The molecular formula is C40H46N4O4. The van der Waals surface area contributed by atoms with E-state index in [0.717, 1.165) is 53.7 Å². The highest BCUT2D eigenvalue weighted by Crippen LogP contribution is 2.33. The number of pyridine rings is 1. The lowest BCUT2D eigenvalue weighted by Crippen LogP contribution is -2.40. The van der Waals surface area contributed by atoms with Crippen molar-refractivity contribution in [3.63, 3.8) is 0 Å². The molecule has 8 heteroatoms. The first-order valence-electron chi connectivity index (χ1n) is 17.5. The average molecular weight is 647 g/mol. The lowest BCUT2D eigenvalue weighted by Gasteiger charge is -2.33. The predicted octanol–water partition coefficient (Wildman–Crippen LogP) is 7.63. The van der Waals surface area contributed by atoms with Crippen molar-refractivity contribution in [3.05, 3.63) is 95.6 Å². The number of anilines is 1. The minimum Gasteiger partial charge on any atom is -0.462 e. The van der Waals surface area contributed by atoms with Crippen LogP contribution in [0.4, 0.5) is 5.69 Å². The summed E-state index contributed by atoms with van der Waals surface area (Å²) in [6.07, 6.45) is 7.44. The quantitative estimate of drug-likeness (QED) is 0.172. The monoisotopic (exact) mass is 646 g/mol. The highest BCUT2D eigenvalue weighted by molar-refractivity contribution is 6.09. The summed E-state index contributed by atoms with van der Waals surface area (Å²) in [6.45, 7) is 6.25. The largest absolute Gasteiger partial charge is 0.462 e. The molecule has 0 bridgehead atoms. The molecule has 48 heavy (non-hydrogen) atoms. The van der Waals surface area contributed by atoms with Gasteiger partial charge >= 0.3 is 5.97 Å². The highest BCUT2D eigenvalue weighted by Gasteiger charge is 2.30. The Balaban J connectivity index is 1.21. The van der Waals surface area contributed by atoms with Gasteiger partial charge in [-0.2, -0.15) is 0 Å². The van der Waals surface area contributed by atoms with E-state index in [9.17, 15) is 14.4 Å². The van der Waals surface area contributed by atoms with Gasteiger partial charge < -0.3 is 15.4 Å². The van der Waals surface area contributed by atoms with Crippen LogP contribution in [-0.2, 0) is 16.1 Å². The number of esters is 1. The molecule has 4 aromatic rings. The zero-order valence-electron chi connectivity index (χ0n) is 28.0. The third-order valence-corrected chi connectivity index (χ3v) is 9.99. The second-order valence-corrected chi connectivity index (χ2v) is 13.2. The van der Waals surface area contributed by atoms with Gasteiger partial charge in [-0.05, 0) is 88.9 Å². The maximum absolute atomic E-state index is 14.3. The number of aromatic nitrogens is 1. The van der Waals surface area contributed by atoms with E-state index in [1.54, 1.807) is 31.2 Å². The van der Waals surface area contributed by atoms with Gasteiger partial charge in [0.05, 0.1) is 28.9 Å². The van der Waals surface area contributed by atoms with Crippen LogP contribution >= 0.6 is 0 Å². The van der Waals surface area contributed by atoms with E-state index in [-0.39, 0.29) is 29.7 Å². The Morgan fingerprint density at radius 1 is 0.875 bits per heavy atom. The standard InChI is InChI=1S/C40H46N4O4/c1-3-48-40(47)31-18-20-32(21-19-31)42-38(45)30-22-24-44(25-23-30)26-34-36(39(46)41-27(2)28-12-6-4-7-13-28)33-16-10-11-17-35(33)43-37(34)29-14-8-5-9-15-29/h5,8-11,14-21,27-28,30H,3-4,6-7,12-13,22-26H2,1-2H3,(H,41,46)(H,42,45)/t27-/m0/s1. The van der Waals surface area contributed by atoms with Crippen LogP contribution < -0.4 is 10.6 Å². The van der Waals surface area contributed by atoms with Gasteiger partial charge in [0.15, 0.2) is 0 Å². The summed E-state index contributed by atoms with van der Waals surface area (Å²) >= 11 is 0. The molecule has 1 atom stereocenters. The van der Waals surface area contributed by atoms with E-state index in [1.807, 2.05) is 42.5 Å².